The Hall–Kier alpha value is -1.69. The number of halogens is 2. The van der Waals surface area contributed by atoms with E-state index in [1.165, 1.54) is 0 Å². The van der Waals surface area contributed by atoms with Crippen molar-refractivity contribution in [1.82, 2.24) is 15.1 Å². The highest BCUT2D eigenvalue weighted by Crippen LogP contribution is 2.27. The maximum Gasteiger partial charge on any atom is 0.248 e. The van der Waals surface area contributed by atoms with Crippen LogP contribution in [-0.4, -0.2) is 22.1 Å². The van der Waals surface area contributed by atoms with E-state index in [1.807, 2.05) is 55.6 Å². The highest BCUT2D eigenvalue weighted by Gasteiger charge is 2.13. The zero-order valence-electron chi connectivity index (χ0n) is 12.5. The van der Waals surface area contributed by atoms with Crippen LogP contribution in [0.5, 0.6) is 0 Å². The molecule has 0 bridgehead atoms. The summed E-state index contributed by atoms with van der Waals surface area (Å²) in [5.74, 6) is 1.09. The molecule has 0 aliphatic rings. The molecule has 0 aliphatic carbocycles. The number of aromatic nitrogens is 2. The summed E-state index contributed by atoms with van der Waals surface area (Å²) in [6, 6.07) is 15.6. The summed E-state index contributed by atoms with van der Waals surface area (Å²) in [5, 5.41) is 9.01. The molecule has 0 fully saturated rings. The lowest BCUT2D eigenvalue weighted by atomic mass is 10.2. The molecule has 0 unspecified atom stereocenters. The highest BCUT2D eigenvalue weighted by molar-refractivity contribution is 9.10. The Morgan fingerprint density at radius 3 is 2.57 bits per heavy atom. The van der Waals surface area contributed by atoms with Gasteiger partial charge in [-0.2, -0.15) is 0 Å². The maximum atomic E-state index is 6.19. The first kappa shape index (κ1) is 16.2. The van der Waals surface area contributed by atoms with Crippen molar-refractivity contribution in [3.63, 3.8) is 0 Å². The summed E-state index contributed by atoms with van der Waals surface area (Å²) in [4.78, 5) is 2.08. The number of hydrogen-bond acceptors (Lipinski definition) is 4. The predicted molar refractivity (Wildman–Crippen MR) is 94.1 cm³/mol. The number of hydrogen-bond donors (Lipinski definition) is 0. The van der Waals surface area contributed by atoms with Crippen LogP contribution >= 0.6 is 27.5 Å². The largest absolute Gasteiger partial charge is 0.419 e. The first-order valence-electron chi connectivity index (χ1n) is 7.12. The van der Waals surface area contributed by atoms with Crippen LogP contribution < -0.4 is 0 Å². The van der Waals surface area contributed by atoms with E-state index in [1.54, 1.807) is 0 Å². The fourth-order valence-corrected chi connectivity index (χ4v) is 2.92. The van der Waals surface area contributed by atoms with Gasteiger partial charge < -0.3 is 4.42 Å². The molecule has 0 amide bonds. The lowest BCUT2D eigenvalue weighted by Crippen LogP contribution is -2.17. The van der Waals surface area contributed by atoms with E-state index in [9.17, 15) is 0 Å². The van der Waals surface area contributed by atoms with Gasteiger partial charge in [-0.05, 0) is 46.7 Å². The van der Waals surface area contributed by atoms with E-state index in [4.69, 9.17) is 16.0 Å². The zero-order valence-corrected chi connectivity index (χ0v) is 14.9. The van der Waals surface area contributed by atoms with Gasteiger partial charge in [0.25, 0.3) is 0 Å². The second-order valence-electron chi connectivity index (χ2n) is 5.24. The lowest BCUT2D eigenvalue weighted by Gasteiger charge is -2.15. The average Bonchev–Trinajstić information content (AvgIpc) is 2.98. The molecule has 0 saturated carbocycles. The van der Waals surface area contributed by atoms with Gasteiger partial charge in [-0.3, -0.25) is 4.90 Å². The molecule has 0 spiro atoms. The van der Waals surface area contributed by atoms with Crippen LogP contribution in [0.3, 0.4) is 0 Å². The summed E-state index contributed by atoms with van der Waals surface area (Å²) in [6.45, 7) is 1.27. The number of benzene rings is 2. The van der Waals surface area contributed by atoms with Crippen molar-refractivity contribution in [1.29, 1.82) is 0 Å². The number of nitrogens with zero attached hydrogens (tertiary/aromatic N) is 3. The molecule has 1 heterocycles. The second-order valence-corrected chi connectivity index (χ2v) is 6.51. The second kappa shape index (κ2) is 7.25. The summed E-state index contributed by atoms with van der Waals surface area (Å²) in [5.41, 5.74) is 1.96. The SMILES string of the molecule is CN(Cc1nnc(-c2ccccc2Br)o1)Cc1ccccc1Cl. The Morgan fingerprint density at radius 1 is 1.04 bits per heavy atom. The quantitative estimate of drug-likeness (QED) is 0.626. The minimum atomic E-state index is 0.513. The monoisotopic (exact) mass is 391 g/mol. The normalized spacial score (nSPS) is 11.1. The average molecular weight is 393 g/mol. The Morgan fingerprint density at radius 2 is 1.78 bits per heavy atom. The van der Waals surface area contributed by atoms with E-state index in [2.05, 4.69) is 31.0 Å². The van der Waals surface area contributed by atoms with E-state index >= 15 is 0 Å². The number of rotatable bonds is 5. The Balaban J connectivity index is 1.70. The summed E-state index contributed by atoms with van der Waals surface area (Å²) in [6.07, 6.45) is 0. The molecular weight excluding hydrogens is 378 g/mol. The molecule has 2 aromatic carbocycles. The summed E-state index contributed by atoms with van der Waals surface area (Å²) in [7, 11) is 1.99. The first-order valence-corrected chi connectivity index (χ1v) is 8.30. The topological polar surface area (TPSA) is 42.2 Å². The molecule has 3 rings (SSSR count). The van der Waals surface area contributed by atoms with Crippen molar-refractivity contribution < 1.29 is 4.42 Å². The molecule has 23 heavy (non-hydrogen) atoms. The van der Waals surface area contributed by atoms with Crippen molar-refractivity contribution in [2.24, 2.45) is 0 Å². The van der Waals surface area contributed by atoms with Crippen LogP contribution in [0.4, 0.5) is 0 Å². The van der Waals surface area contributed by atoms with Crippen LogP contribution in [0.2, 0.25) is 5.02 Å². The van der Waals surface area contributed by atoms with Gasteiger partial charge in [0.2, 0.25) is 11.8 Å². The zero-order chi connectivity index (χ0) is 16.2. The van der Waals surface area contributed by atoms with Crippen LogP contribution in [0.25, 0.3) is 11.5 Å². The molecule has 0 N–H and O–H groups in total. The fourth-order valence-electron chi connectivity index (χ4n) is 2.27. The lowest BCUT2D eigenvalue weighted by molar-refractivity contribution is 0.283. The molecule has 3 aromatic rings. The van der Waals surface area contributed by atoms with Gasteiger partial charge in [-0.25, -0.2) is 0 Å². The molecule has 6 heteroatoms. The van der Waals surface area contributed by atoms with Gasteiger partial charge in [-0.15, -0.1) is 10.2 Å². The molecule has 0 aliphatic heterocycles. The molecule has 1 aromatic heterocycles. The van der Waals surface area contributed by atoms with Crippen molar-refractivity contribution in [3.05, 3.63) is 69.5 Å². The van der Waals surface area contributed by atoms with Crippen LogP contribution in [0.15, 0.2) is 57.4 Å². The highest BCUT2D eigenvalue weighted by atomic mass is 79.9. The van der Waals surface area contributed by atoms with E-state index in [-0.39, 0.29) is 0 Å². The van der Waals surface area contributed by atoms with Crippen LogP contribution in [0.1, 0.15) is 11.5 Å². The minimum Gasteiger partial charge on any atom is -0.419 e. The first-order chi connectivity index (χ1) is 11.1. The molecule has 4 nitrogen and oxygen atoms in total. The van der Waals surface area contributed by atoms with Crippen LogP contribution in [0, 0.1) is 0 Å². The van der Waals surface area contributed by atoms with Crippen molar-refractivity contribution in [2.45, 2.75) is 13.1 Å². The molecule has 118 valence electrons. The van der Waals surface area contributed by atoms with Crippen molar-refractivity contribution >= 4 is 27.5 Å². The Kier molecular flexibility index (Phi) is 5.10. The third-order valence-electron chi connectivity index (χ3n) is 3.37. The van der Waals surface area contributed by atoms with Gasteiger partial charge >= 0.3 is 0 Å². The molecular formula is C17H15BrClN3O. The van der Waals surface area contributed by atoms with Gasteiger partial charge in [0.05, 0.1) is 12.1 Å². The molecule has 0 atom stereocenters. The van der Waals surface area contributed by atoms with Gasteiger partial charge in [0, 0.05) is 16.0 Å². The smallest absolute Gasteiger partial charge is 0.248 e. The van der Waals surface area contributed by atoms with Crippen molar-refractivity contribution in [2.75, 3.05) is 7.05 Å². The van der Waals surface area contributed by atoms with Gasteiger partial charge in [0.15, 0.2) is 0 Å². The standard InChI is InChI=1S/C17H15BrClN3O/c1-22(10-12-6-2-5-9-15(12)19)11-16-20-21-17(23-16)13-7-3-4-8-14(13)18/h2-9H,10-11H2,1H3. The maximum absolute atomic E-state index is 6.19. The third kappa shape index (κ3) is 3.99. The van der Waals surface area contributed by atoms with Crippen LogP contribution in [-0.2, 0) is 13.1 Å². The van der Waals surface area contributed by atoms with E-state index in [0.29, 0.717) is 24.9 Å². The summed E-state index contributed by atoms with van der Waals surface area (Å²) < 4.78 is 6.69. The van der Waals surface area contributed by atoms with E-state index < -0.39 is 0 Å². The van der Waals surface area contributed by atoms with Gasteiger partial charge in [-0.1, -0.05) is 41.9 Å². The Labute approximate surface area is 148 Å². The third-order valence-corrected chi connectivity index (χ3v) is 4.43. The molecule has 0 radical (unpaired) electrons. The predicted octanol–water partition coefficient (Wildman–Crippen LogP) is 4.78. The summed E-state index contributed by atoms with van der Waals surface area (Å²) >= 11 is 9.68. The minimum absolute atomic E-state index is 0.513. The van der Waals surface area contributed by atoms with Crippen molar-refractivity contribution in [3.8, 4) is 11.5 Å². The van der Waals surface area contributed by atoms with E-state index in [0.717, 1.165) is 20.6 Å². The van der Waals surface area contributed by atoms with Gasteiger partial charge in [0.1, 0.15) is 0 Å². The molecule has 0 saturated heterocycles. The Bertz CT molecular complexity index is 806. The fraction of sp³-hybridized carbons (Fsp3) is 0.176.